The van der Waals surface area contributed by atoms with E-state index >= 15 is 0 Å². The summed E-state index contributed by atoms with van der Waals surface area (Å²) in [7, 11) is 0. The molecule has 2 heterocycles. The van der Waals surface area contributed by atoms with E-state index in [1.54, 1.807) is 0 Å². The molecular weight excluding hydrogens is 799 g/mol. The maximum Gasteiger partial charge on any atom is 0.160 e. The third-order valence-corrected chi connectivity index (χ3v) is 13.3. The highest BCUT2D eigenvalue weighted by Crippen LogP contribution is 2.45. The Kier molecular flexibility index (Phi) is 8.85. The van der Waals surface area contributed by atoms with Crippen molar-refractivity contribution in [3.05, 3.63) is 237 Å². The smallest absolute Gasteiger partial charge is 0.160 e. The van der Waals surface area contributed by atoms with Gasteiger partial charge in [0.05, 0.1) is 11.4 Å². The molecule has 0 aliphatic rings. The van der Waals surface area contributed by atoms with Gasteiger partial charge in [-0.05, 0) is 147 Å². The third-order valence-electron chi connectivity index (χ3n) is 13.3. The van der Waals surface area contributed by atoms with Gasteiger partial charge in [-0.3, -0.25) is 4.98 Å². The number of rotatable bonds is 6. The van der Waals surface area contributed by atoms with Crippen LogP contribution in [0.2, 0.25) is 0 Å². The number of benzene rings is 11. The molecule has 0 unspecified atom stereocenters. The molecule has 13 rings (SSSR count). The molecule has 0 amide bonds. The number of nitrogens with zero attached hydrogens (tertiary/aromatic N) is 3. The van der Waals surface area contributed by atoms with Gasteiger partial charge in [-0.2, -0.15) is 0 Å². The van der Waals surface area contributed by atoms with E-state index in [1.165, 1.54) is 75.8 Å². The molecule has 0 bridgehead atoms. The third kappa shape index (κ3) is 6.40. The Hall–Kier alpha value is -8.79. The lowest BCUT2D eigenvalue weighted by atomic mass is 9.85. The normalized spacial score (nSPS) is 11.6. The van der Waals surface area contributed by atoms with Crippen LogP contribution in [-0.2, 0) is 0 Å². The Morgan fingerprint density at radius 3 is 1.23 bits per heavy atom. The minimum absolute atomic E-state index is 0.678. The molecule has 0 aliphatic heterocycles. The molecule has 306 valence electrons. The van der Waals surface area contributed by atoms with Crippen LogP contribution in [0.5, 0.6) is 0 Å². The van der Waals surface area contributed by atoms with Crippen molar-refractivity contribution >= 4 is 64.6 Å². The summed E-state index contributed by atoms with van der Waals surface area (Å²) in [5, 5.41) is 14.7. The van der Waals surface area contributed by atoms with Gasteiger partial charge in [-0.1, -0.05) is 176 Å². The molecule has 0 radical (unpaired) electrons. The average molecular weight is 838 g/mol. The van der Waals surface area contributed by atoms with Gasteiger partial charge in [0.25, 0.3) is 0 Å². The first-order chi connectivity index (χ1) is 32.7. The fourth-order valence-electron chi connectivity index (χ4n) is 10.2. The van der Waals surface area contributed by atoms with Crippen molar-refractivity contribution in [2.24, 2.45) is 0 Å². The molecule has 0 aliphatic carbocycles. The molecule has 0 fully saturated rings. The standard InChI is InChI=1S/C63H39N3/c1-2-14-45(15-3-1)63-65-59(44-24-22-40(23-25-44)41-30-32-64-33-31-41)39-60(66-63)48-34-49(61-53-20-10-6-16-46(53)37-57-51-18-8-4-12-42(51)26-28-55(57)61)36-50(35-48)62-54-21-11-7-17-47(54)38-58-52-19-9-5-13-43(52)27-29-56(58)62/h1-39H. The SMILES string of the molecule is c1ccc(-c2nc(-c3ccc(-c4ccncc4)cc3)cc(-c3cc(-c4c5ccccc5cc5c4ccc4ccccc45)cc(-c4c5ccccc5cc5c4ccc4ccccc45)c3)n2)cc1. The van der Waals surface area contributed by atoms with Gasteiger partial charge in [0, 0.05) is 29.1 Å². The van der Waals surface area contributed by atoms with Gasteiger partial charge < -0.3 is 0 Å². The second-order valence-corrected chi connectivity index (χ2v) is 17.1. The topological polar surface area (TPSA) is 38.7 Å². The molecule has 2 aromatic heterocycles. The quantitative estimate of drug-likeness (QED) is 0.124. The molecule has 66 heavy (non-hydrogen) atoms. The van der Waals surface area contributed by atoms with Crippen LogP contribution in [0.25, 0.3) is 132 Å². The Balaban J connectivity index is 1.13. The van der Waals surface area contributed by atoms with E-state index in [-0.39, 0.29) is 0 Å². The first kappa shape index (κ1) is 37.7. The lowest BCUT2D eigenvalue weighted by molar-refractivity contribution is 1.18. The van der Waals surface area contributed by atoms with Crippen molar-refractivity contribution in [3.63, 3.8) is 0 Å². The van der Waals surface area contributed by atoms with Crippen molar-refractivity contribution in [2.45, 2.75) is 0 Å². The van der Waals surface area contributed by atoms with E-state index in [2.05, 4.69) is 211 Å². The summed E-state index contributed by atoms with van der Waals surface area (Å²) >= 11 is 0. The van der Waals surface area contributed by atoms with Gasteiger partial charge in [0.1, 0.15) is 0 Å². The van der Waals surface area contributed by atoms with E-state index in [1.807, 2.05) is 30.6 Å². The van der Waals surface area contributed by atoms with Gasteiger partial charge >= 0.3 is 0 Å². The molecule has 3 nitrogen and oxygen atoms in total. The zero-order valence-corrected chi connectivity index (χ0v) is 35.9. The lowest BCUT2D eigenvalue weighted by Gasteiger charge is -2.19. The predicted octanol–water partition coefficient (Wildman–Crippen LogP) is 16.8. The van der Waals surface area contributed by atoms with Gasteiger partial charge in [-0.25, -0.2) is 9.97 Å². The molecule has 11 aromatic carbocycles. The largest absolute Gasteiger partial charge is 0.265 e. The van der Waals surface area contributed by atoms with Crippen molar-refractivity contribution in [1.82, 2.24) is 15.0 Å². The van der Waals surface area contributed by atoms with Crippen molar-refractivity contribution < 1.29 is 0 Å². The molecule has 0 spiro atoms. The maximum absolute atomic E-state index is 5.45. The van der Waals surface area contributed by atoms with Gasteiger partial charge in [0.15, 0.2) is 5.82 Å². The lowest BCUT2D eigenvalue weighted by Crippen LogP contribution is -1.97. The molecular formula is C63H39N3. The summed E-state index contributed by atoms with van der Waals surface area (Å²) in [4.78, 5) is 14.9. The first-order valence-electron chi connectivity index (χ1n) is 22.5. The van der Waals surface area contributed by atoms with Crippen LogP contribution in [0.15, 0.2) is 237 Å². The van der Waals surface area contributed by atoms with Crippen LogP contribution in [0.3, 0.4) is 0 Å². The highest BCUT2D eigenvalue weighted by atomic mass is 14.9. The second-order valence-electron chi connectivity index (χ2n) is 17.1. The molecule has 0 saturated heterocycles. The van der Waals surface area contributed by atoms with E-state index < -0.39 is 0 Å². The molecule has 0 atom stereocenters. The van der Waals surface area contributed by atoms with Crippen LogP contribution in [0.1, 0.15) is 0 Å². The number of aromatic nitrogens is 3. The average Bonchev–Trinajstić information content (AvgIpc) is 3.39. The molecule has 3 heteroatoms. The van der Waals surface area contributed by atoms with Crippen molar-refractivity contribution in [2.75, 3.05) is 0 Å². The summed E-state index contributed by atoms with van der Waals surface area (Å²) in [6.07, 6.45) is 3.67. The zero-order valence-electron chi connectivity index (χ0n) is 35.9. The van der Waals surface area contributed by atoms with Crippen LogP contribution in [0.4, 0.5) is 0 Å². The minimum atomic E-state index is 0.678. The van der Waals surface area contributed by atoms with E-state index in [9.17, 15) is 0 Å². The number of fused-ring (bicyclic) bond motifs is 8. The summed E-state index contributed by atoms with van der Waals surface area (Å²) in [6, 6.07) is 81.4. The van der Waals surface area contributed by atoms with E-state index in [0.29, 0.717) is 5.82 Å². The van der Waals surface area contributed by atoms with Crippen LogP contribution >= 0.6 is 0 Å². The molecule has 13 aromatic rings. The van der Waals surface area contributed by atoms with Crippen LogP contribution in [0, 0.1) is 0 Å². The minimum Gasteiger partial charge on any atom is -0.265 e. The Bertz CT molecular complexity index is 3850. The molecule has 0 saturated carbocycles. The summed E-state index contributed by atoms with van der Waals surface area (Å²) in [6.45, 7) is 0. The van der Waals surface area contributed by atoms with Crippen LogP contribution in [-0.4, -0.2) is 15.0 Å². The highest BCUT2D eigenvalue weighted by molar-refractivity contribution is 6.22. The van der Waals surface area contributed by atoms with E-state index in [0.717, 1.165) is 50.3 Å². The monoisotopic (exact) mass is 837 g/mol. The summed E-state index contributed by atoms with van der Waals surface area (Å²) in [5.41, 5.74) is 11.6. The van der Waals surface area contributed by atoms with E-state index in [4.69, 9.17) is 9.97 Å². The Morgan fingerprint density at radius 1 is 0.227 bits per heavy atom. The zero-order chi connectivity index (χ0) is 43.6. The predicted molar refractivity (Wildman–Crippen MR) is 277 cm³/mol. The van der Waals surface area contributed by atoms with Gasteiger partial charge in [0.2, 0.25) is 0 Å². The number of hydrogen-bond donors (Lipinski definition) is 0. The fraction of sp³-hybridized carbons (Fsp3) is 0. The molecule has 0 N–H and O–H groups in total. The maximum atomic E-state index is 5.45. The number of hydrogen-bond acceptors (Lipinski definition) is 3. The van der Waals surface area contributed by atoms with Crippen LogP contribution < -0.4 is 0 Å². The van der Waals surface area contributed by atoms with Crippen molar-refractivity contribution in [1.29, 1.82) is 0 Å². The summed E-state index contributed by atoms with van der Waals surface area (Å²) < 4.78 is 0. The number of pyridine rings is 1. The highest BCUT2D eigenvalue weighted by Gasteiger charge is 2.20. The second kappa shape index (κ2) is 15.5. The summed E-state index contributed by atoms with van der Waals surface area (Å²) in [5.74, 6) is 0.678. The van der Waals surface area contributed by atoms with Gasteiger partial charge in [-0.15, -0.1) is 0 Å². The first-order valence-corrected chi connectivity index (χ1v) is 22.5. The van der Waals surface area contributed by atoms with Crippen molar-refractivity contribution in [3.8, 4) is 67.3 Å². The fourth-order valence-corrected chi connectivity index (χ4v) is 10.2. The Morgan fingerprint density at radius 2 is 0.667 bits per heavy atom. The Labute approximate surface area is 382 Å².